The maximum Gasteiger partial charge on any atom is 0.266 e. The van der Waals surface area contributed by atoms with Gasteiger partial charge in [-0.2, -0.15) is 10.2 Å². The van der Waals surface area contributed by atoms with E-state index in [2.05, 4.69) is 14.9 Å². The highest BCUT2D eigenvalue weighted by Gasteiger charge is 2.21. The summed E-state index contributed by atoms with van der Waals surface area (Å²) < 4.78 is 43.3. The van der Waals surface area contributed by atoms with Crippen molar-refractivity contribution in [2.45, 2.75) is 18.4 Å². The molecule has 0 saturated heterocycles. The lowest BCUT2D eigenvalue weighted by Gasteiger charge is -2.06. The van der Waals surface area contributed by atoms with E-state index in [1.165, 1.54) is 33.8 Å². The number of anilines is 1. The number of hydrogen-bond acceptors (Lipinski definition) is 4. The van der Waals surface area contributed by atoms with Crippen molar-refractivity contribution < 1.29 is 12.8 Å². The Balaban J connectivity index is 1.78. The highest BCUT2D eigenvalue weighted by Crippen LogP contribution is 2.20. The van der Waals surface area contributed by atoms with Gasteiger partial charge in [-0.25, -0.2) is 12.8 Å². The average molecular weight is 384 g/mol. The molecule has 0 spiro atoms. The number of aromatic nitrogens is 4. The SMILES string of the molecule is Cc1nn(C)cc1S(=O)(=O)Nc1ccn(Cc2ccc(F)cc2Cl)n1. The highest BCUT2D eigenvalue weighted by atomic mass is 35.5. The van der Waals surface area contributed by atoms with Crippen LogP contribution in [0.5, 0.6) is 0 Å². The monoisotopic (exact) mass is 383 g/mol. The van der Waals surface area contributed by atoms with Crippen LogP contribution in [0.3, 0.4) is 0 Å². The fraction of sp³-hybridized carbons (Fsp3) is 0.200. The van der Waals surface area contributed by atoms with Crippen molar-refractivity contribution >= 4 is 27.4 Å². The zero-order valence-electron chi connectivity index (χ0n) is 13.4. The van der Waals surface area contributed by atoms with Gasteiger partial charge in [0.1, 0.15) is 10.7 Å². The quantitative estimate of drug-likeness (QED) is 0.734. The maximum atomic E-state index is 13.1. The smallest absolute Gasteiger partial charge is 0.266 e. The molecule has 25 heavy (non-hydrogen) atoms. The van der Waals surface area contributed by atoms with E-state index in [0.717, 1.165) is 0 Å². The number of hydrogen-bond donors (Lipinski definition) is 1. The summed E-state index contributed by atoms with van der Waals surface area (Å²) in [5.74, 6) is -0.254. The third-order valence-electron chi connectivity index (χ3n) is 3.48. The maximum absolute atomic E-state index is 13.1. The molecule has 0 radical (unpaired) electrons. The predicted molar refractivity (Wildman–Crippen MR) is 91.5 cm³/mol. The third kappa shape index (κ3) is 3.83. The molecule has 0 atom stereocenters. The summed E-state index contributed by atoms with van der Waals surface area (Å²) in [5, 5.41) is 8.47. The van der Waals surface area contributed by atoms with Crippen molar-refractivity contribution in [3.63, 3.8) is 0 Å². The van der Waals surface area contributed by atoms with Crippen LogP contribution in [0.2, 0.25) is 5.02 Å². The van der Waals surface area contributed by atoms with Gasteiger partial charge < -0.3 is 0 Å². The number of rotatable bonds is 5. The molecule has 0 amide bonds. The molecule has 10 heteroatoms. The van der Waals surface area contributed by atoms with Crippen LogP contribution in [0.25, 0.3) is 0 Å². The highest BCUT2D eigenvalue weighted by molar-refractivity contribution is 7.92. The summed E-state index contributed by atoms with van der Waals surface area (Å²) in [6, 6.07) is 5.61. The minimum Gasteiger partial charge on any atom is -0.274 e. The lowest BCUT2D eigenvalue weighted by atomic mass is 10.2. The Morgan fingerprint density at radius 3 is 2.68 bits per heavy atom. The van der Waals surface area contributed by atoms with E-state index in [-0.39, 0.29) is 22.3 Å². The minimum absolute atomic E-state index is 0.0890. The van der Waals surface area contributed by atoms with Crippen molar-refractivity contribution in [2.75, 3.05) is 4.72 Å². The molecule has 7 nitrogen and oxygen atoms in total. The number of benzene rings is 1. The molecule has 2 aromatic heterocycles. The van der Waals surface area contributed by atoms with Gasteiger partial charge in [-0.3, -0.25) is 14.1 Å². The van der Waals surface area contributed by atoms with Crippen molar-refractivity contribution in [2.24, 2.45) is 7.05 Å². The van der Waals surface area contributed by atoms with E-state index in [1.807, 2.05) is 0 Å². The normalized spacial score (nSPS) is 11.7. The first-order valence-corrected chi connectivity index (χ1v) is 9.11. The average Bonchev–Trinajstić information content (AvgIpc) is 3.08. The van der Waals surface area contributed by atoms with E-state index < -0.39 is 15.8 Å². The van der Waals surface area contributed by atoms with Gasteiger partial charge in [-0.1, -0.05) is 17.7 Å². The van der Waals surface area contributed by atoms with Gasteiger partial charge in [0.15, 0.2) is 5.82 Å². The van der Waals surface area contributed by atoms with E-state index >= 15 is 0 Å². The van der Waals surface area contributed by atoms with Gasteiger partial charge in [0.05, 0.1) is 12.2 Å². The number of nitrogens with zero attached hydrogens (tertiary/aromatic N) is 4. The van der Waals surface area contributed by atoms with E-state index in [0.29, 0.717) is 11.3 Å². The second-order valence-corrected chi connectivity index (χ2v) is 7.55. The van der Waals surface area contributed by atoms with Crippen LogP contribution >= 0.6 is 11.6 Å². The minimum atomic E-state index is -3.78. The van der Waals surface area contributed by atoms with Crippen LogP contribution in [0.1, 0.15) is 11.3 Å². The molecule has 2 heterocycles. The Hall–Kier alpha value is -2.39. The van der Waals surface area contributed by atoms with E-state index in [4.69, 9.17) is 11.6 Å². The Kier molecular flexibility index (Phi) is 4.53. The standard InChI is InChI=1S/C15H15ClFN5O2S/c1-10-14(9-21(2)18-10)25(23,24)20-15-5-6-22(19-15)8-11-3-4-12(17)7-13(11)16/h3-7,9H,8H2,1-2H3,(H,19,20). The van der Waals surface area contributed by atoms with Gasteiger partial charge in [0.25, 0.3) is 10.0 Å². The Morgan fingerprint density at radius 2 is 2.04 bits per heavy atom. The number of aryl methyl sites for hydroxylation is 2. The summed E-state index contributed by atoms with van der Waals surface area (Å²) in [6.07, 6.45) is 3.03. The van der Waals surface area contributed by atoms with Crippen molar-refractivity contribution in [3.05, 3.63) is 58.8 Å². The fourth-order valence-electron chi connectivity index (χ4n) is 2.36. The van der Waals surface area contributed by atoms with Gasteiger partial charge in [0.2, 0.25) is 0 Å². The largest absolute Gasteiger partial charge is 0.274 e. The van der Waals surface area contributed by atoms with Gasteiger partial charge >= 0.3 is 0 Å². The first-order valence-electron chi connectivity index (χ1n) is 7.25. The zero-order chi connectivity index (χ0) is 18.2. The fourth-order valence-corrected chi connectivity index (χ4v) is 3.81. The molecular weight excluding hydrogens is 369 g/mol. The molecule has 0 aliphatic rings. The molecule has 3 aromatic rings. The molecule has 0 saturated carbocycles. The van der Waals surface area contributed by atoms with E-state index in [1.54, 1.807) is 26.2 Å². The lowest BCUT2D eigenvalue weighted by Crippen LogP contribution is -2.14. The van der Waals surface area contributed by atoms with Crippen LogP contribution in [0.4, 0.5) is 10.2 Å². The molecule has 0 aliphatic heterocycles. The number of sulfonamides is 1. The Bertz CT molecular complexity index is 1030. The van der Waals surface area contributed by atoms with Gasteiger partial charge in [-0.05, 0) is 24.6 Å². The first kappa shape index (κ1) is 17.4. The summed E-state index contributed by atoms with van der Waals surface area (Å²) in [5.41, 5.74) is 1.07. The predicted octanol–water partition coefficient (Wildman–Crippen LogP) is 2.57. The van der Waals surface area contributed by atoms with Crippen LogP contribution in [-0.4, -0.2) is 28.0 Å². The topological polar surface area (TPSA) is 81.8 Å². The van der Waals surface area contributed by atoms with Crippen LogP contribution < -0.4 is 4.72 Å². The van der Waals surface area contributed by atoms with Crippen molar-refractivity contribution in [1.29, 1.82) is 0 Å². The molecular formula is C15H15ClFN5O2S. The van der Waals surface area contributed by atoms with Crippen LogP contribution in [0.15, 0.2) is 41.6 Å². The van der Waals surface area contributed by atoms with Crippen LogP contribution in [0, 0.1) is 12.7 Å². The summed E-state index contributed by atoms with van der Waals surface area (Å²) in [4.78, 5) is 0.0890. The van der Waals surface area contributed by atoms with E-state index in [9.17, 15) is 12.8 Å². The van der Waals surface area contributed by atoms with Crippen molar-refractivity contribution in [1.82, 2.24) is 19.6 Å². The number of nitrogens with one attached hydrogen (secondary N) is 1. The number of halogens is 2. The summed E-state index contributed by atoms with van der Waals surface area (Å²) in [7, 11) is -2.14. The summed E-state index contributed by atoms with van der Waals surface area (Å²) >= 11 is 5.99. The lowest BCUT2D eigenvalue weighted by molar-refractivity contribution is 0.600. The molecule has 0 fully saturated rings. The Labute approximate surface area is 149 Å². The molecule has 0 aliphatic carbocycles. The molecule has 3 rings (SSSR count). The Morgan fingerprint density at radius 1 is 1.28 bits per heavy atom. The first-order chi connectivity index (χ1) is 11.7. The zero-order valence-corrected chi connectivity index (χ0v) is 15.0. The van der Waals surface area contributed by atoms with Crippen molar-refractivity contribution in [3.8, 4) is 0 Å². The molecule has 1 N–H and O–H groups in total. The molecule has 1 aromatic carbocycles. The summed E-state index contributed by atoms with van der Waals surface area (Å²) in [6.45, 7) is 1.90. The van der Waals surface area contributed by atoms with Gasteiger partial charge in [0, 0.05) is 30.5 Å². The third-order valence-corrected chi connectivity index (χ3v) is 5.29. The second kappa shape index (κ2) is 6.49. The molecule has 0 bridgehead atoms. The molecule has 0 unspecified atom stereocenters. The van der Waals surface area contributed by atoms with Gasteiger partial charge in [-0.15, -0.1) is 0 Å². The second-order valence-electron chi connectivity index (χ2n) is 5.49. The molecule has 132 valence electrons. The van der Waals surface area contributed by atoms with Crippen LogP contribution in [-0.2, 0) is 23.6 Å².